The predicted octanol–water partition coefficient (Wildman–Crippen LogP) is 5.16. The highest BCUT2D eigenvalue weighted by atomic mass is 19.3. The van der Waals surface area contributed by atoms with Crippen LogP contribution >= 0.6 is 0 Å². The van der Waals surface area contributed by atoms with E-state index in [4.69, 9.17) is 0 Å². The minimum atomic E-state index is -2.72. The lowest BCUT2D eigenvalue weighted by Crippen LogP contribution is -2.08. The summed E-state index contributed by atoms with van der Waals surface area (Å²) in [5.74, 6) is -2.72. The zero-order valence-corrected chi connectivity index (χ0v) is 10.6. The molecule has 15 heavy (non-hydrogen) atoms. The van der Waals surface area contributed by atoms with Crippen LogP contribution in [0, 0.1) is 6.92 Å². The van der Waals surface area contributed by atoms with Crippen molar-refractivity contribution in [1.29, 1.82) is 0 Å². The molecule has 0 atom stereocenters. The van der Waals surface area contributed by atoms with Crippen molar-refractivity contribution in [2.24, 2.45) is 0 Å². The molecule has 0 aromatic heterocycles. The van der Waals surface area contributed by atoms with Crippen molar-refractivity contribution in [2.75, 3.05) is 0 Å². The van der Waals surface area contributed by atoms with Crippen molar-refractivity contribution in [3.63, 3.8) is 0 Å². The van der Waals surface area contributed by atoms with Crippen LogP contribution < -0.4 is 0 Å². The number of hydrogen-bond acceptors (Lipinski definition) is 0. The average molecular weight is 216 g/mol. The Hall–Kier alpha value is -0.920. The van der Waals surface area contributed by atoms with Gasteiger partial charge in [-0.25, -0.2) is 8.78 Å². The summed E-state index contributed by atoms with van der Waals surface area (Å²) in [5, 5.41) is 0. The monoisotopic (exact) mass is 216 g/mol. The number of hydrogen-bond donors (Lipinski definition) is 0. The summed E-state index contributed by atoms with van der Waals surface area (Å²) in [7, 11) is 0. The van der Waals surface area contributed by atoms with E-state index < -0.39 is 5.92 Å². The Morgan fingerprint density at radius 3 is 1.60 bits per heavy atom. The first-order valence-electron chi connectivity index (χ1n) is 5.46. The van der Waals surface area contributed by atoms with Gasteiger partial charge in [0.2, 0.25) is 0 Å². The predicted molar refractivity (Wildman–Crippen MR) is 63.4 cm³/mol. The van der Waals surface area contributed by atoms with Gasteiger partial charge in [0.05, 0.1) is 0 Å². The summed E-state index contributed by atoms with van der Waals surface area (Å²) in [5.41, 5.74) is 0.750. The fourth-order valence-corrected chi connectivity index (χ4v) is 1.07. The van der Waals surface area contributed by atoms with Gasteiger partial charge in [-0.15, -0.1) is 0 Å². The van der Waals surface area contributed by atoms with Gasteiger partial charge in [0.15, 0.2) is 0 Å². The Kier molecular flexibility index (Phi) is 9.24. The molecule has 0 radical (unpaired) electrons. The molecule has 0 aliphatic rings. The zero-order chi connectivity index (χ0) is 12.5. The van der Waals surface area contributed by atoms with Crippen LogP contribution in [0.2, 0.25) is 0 Å². The summed E-state index contributed by atoms with van der Waals surface area (Å²) in [6.07, 6.45) is 0. The molecule has 0 amide bonds. The van der Waals surface area contributed by atoms with Gasteiger partial charge in [-0.2, -0.15) is 0 Å². The molecule has 1 aromatic rings. The maximum absolute atomic E-state index is 12.7. The summed E-state index contributed by atoms with van der Waals surface area (Å²) in [6.45, 7) is 10.6. The van der Waals surface area contributed by atoms with E-state index in [1.54, 1.807) is 25.1 Å². The van der Waals surface area contributed by atoms with Crippen LogP contribution in [0.1, 0.15) is 45.7 Å². The van der Waals surface area contributed by atoms with Crippen LogP contribution in [-0.2, 0) is 5.92 Å². The van der Waals surface area contributed by atoms with Crippen LogP contribution in [0.25, 0.3) is 0 Å². The van der Waals surface area contributed by atoms with Crippen LogP contribution in [0.15, 0.2) is 24.3 Å². The summed E-state index contributed by atoms with van der Waals surface area (Å²) >= 11 is 0. The fourth-order valence-electron chi connectivity index (χ4n) is 1.07. The highest BCUT2D eigenvalue weighted by Gasteiger charge is 2.25. The van der Waals surface area contributed by atoms with E-state index in [0.29, 0.717) is 5.56 Å². The van der Waals surface area contributed by atoms with Gasteiger partial charge in [-0.3, -0.25) is 0 Å². The molecule has 0 aliphatic carbocycles. The van der Waals surface area contributed by atoms with Gasteiger partial charge in [-0.05, 0) is 12.5 Å². The lowest BCUT2D eigenvalue weighted by atomic mass is 10.0. The highest BCUT2D eigenvalue weighted by Crippen LogP contribution is 2.28. The minimum Gasteiger partial charge on any atom is -0.202 e. The van der Waals surface area contributed by atoms with Crippen LogP contribution in [0.3, 0.4) is 0 Å². The number of benzene rings is 1. The van der Waals surface area contributed by atoms with E-state index in [9.17, 15) is 8.78 Å². The molecule has 1 aromatic carbocycles. The van der Waals surface area contributed by atoms with Gasteiger partial charge in [0.25, 0.3) is 5.92 Å². The van der Waals surface area contributed by atoms with Crippen molar-refractivity contribution in [1.82, 2.24) is 0 Å². The zero-order valence-electron chi connectivity index (χ0n) is 10.6. The standard InChI is InChI=1S/C9H10F2.2C2H6/c1-7-5-3-4-6-8(7)9(2,10)11;2*1-2/h3-6H,1-2H3;2*1-2H3. The Bertz CT molecular complexity index is 249. The van der Waals surface area contributed by atoms with Gasteiger partial charge >= 0.3 is 0 Å². The van der Waals surface area contributed by atoms with Gasteiger partial charge in [-0.1, -0.05) is 52.0 Å². The maximum Gasteiger partial charge on any atom is 0.270 e. The first kappa shape index (κ1) is 16.5. The number of halogens is 2. The van der Waals surface area contributed by atoms with E-state index in [1.165, 1.54) is 6.07 Å². The van der Waals surface area contributed by atoms with Crippen molar-refractivity contribution >= 4 is 0 Å². The van der Waals surface area contributed by atoms with E-state index in [0.717, 1.165) is 6.92 Å². The maximum atomic E-state index is 12.7. The number of rotatable bonds is 1. The SMILES string of the molecule is CC.CC.Cc1ccccc1C(C)(F)F. The molecule has 88 valence electrons. The van der Waals surface area contributed by atoms with Gasteiger partial charge < -0.3 is 0 Å². The smallest absolute Gasteiger partial charge is 0.202 e. The van der Waals surface area contributed by atoms with Gasteiger partial charge in [0.1, 0.15) is 0 Å². The molecule has 0 fully saturated rings. The van der Waals surface area contributed by atoms with E-state index in [-0.39, 0.29) is 5.56 Å². The minimum absolute atomic E-state index is 0.111. The average Bonchev–Trinajstić information content (AvgIpc) is 2.23. The second-order valence-corrected chi connectivity index (χ2v) is 2.70. The van der Waals surface area contributed by atoms with Crippen LogP contribution in [-0.4, -0.2) is 0 Å². The molecule has 0 saturated heterocycles. The van der Waals surface area contributed by atoms with Crippen molar-refractivity contribution in [3.8, 4) is 0 Å². The topological polar surface area (TPSA) is 0 Å². The van der Waals surface area contributed by atoms with Crippen molar-refractivity contribution in [2.45, 2.75) is 47.5 Å². The van der Waals surface area contributed by atoms with Crippen molar-refractivity contribution < 1.29 is 8.78 Å². The lowest BCUT2D eigenvalue weighted by Gasteiger charge is -2.12. The molecular formula is C13H22F2. The molecule has 2 heteroatoms. The van der Waals surface area contributed by atoms with Crippen LogP contribution in [0.4, 0.5) is 8.78 Å². The van der Waals surface area contributed by atoms with E-state index >= 15 is 0 Å². The van der Waals surface area contributed by atoms with E-state index in [1.807, 2.05) is 27.7 Å². The van der Waals surface area contributed by atoms with Crippen molar-refractivity contribution in [3.05, 3.63) is 35.4 Å². The molecule has 1 rings (SSSR count). The number of aryl methyl sites for hydroxylation is 1. The molecule has 0 bridgehead atoms. The molecule has 0 spiro atoms. The third-order valence-corrected chi connectivity index (χ3v) is 1.62. The molecule has 0 heterocycles. The Balaban J connectivity index is 0. The molecule has 0 aliphatic heterocycles. The summed E-state index contributed by atoms with van der Waals surface area (Å²) in [4.78, 5) is 0. The Labute approximate surface area is 92.3 Å². The first-order valence-corrected chi connectivity index (χ1v) is 5.46. The summed E-state index contributed by atoms with van der Waals surface area (Å²) < 4.78 is 25.4. The molecular weight excluding hydrogens is 194 g/mol. The van der Waals surface area contributed by atoms with Crippen LogP contribution in [0.5, 0.6) is 0 Å². The Morgan fingerprint density at radius 1 is 0.933 bits per heavy atom. The molecule has 0 N–H and O–H groups in total. The third-order valence-electron chi connectivity index (χ3n) is 1.62. The second kappa shape index (κ2) is 8.39. The second-order valence-electron chi connectivity index (χ2n) is 2.70. The highest BCUT2D eigenvalue weighted by molar-refractivity contribution is 5.28. The Morgan fingerprint density at radius 2 is 1.33 bits per heavy atom. The van der Waals surface area contributed by atoms with E-state index in [2.05, 4.69) is 0 Å². The normalized spacial score (nSPS) is 9.33. The lowest BCUT2D eigenvalue weighted by molar-refractivity contribution is 0.0168. The number of alkyl halides is 2. The fraction of sp³-hybridized carbons (Fsp3) is 0.538. The van der Waals surface area contributed by atoms with Gasteiger partial charge in [0, 0.05) is 12.5 Å². The molecule has 0 saturated carbocycles. The third kappa shape index (κ3) is 6.21. The first-order chi connectivity index (χ1) is 7.02. The summed E-state index contributed by atoms with van der Waals surface area (Å²) in [6, 6.07) is 6.52. The molecule has 0 unspecified atom stereocenters. The largest absolute Gasteiger partial charge is 0.270 e. The quantitative estimate of drug-likeness (QED) is 0.608. The molecule has 0 nitrogen and oxygen atoms in total.